The first-order chi connectivity index (χ1) is 8.79. The normalized spacial score (nSPS) is 20.8. The van der Waals surface area contributed by atoms with Gasteiger partial charge in [-0.3, -0.25) is 0 Å². The maximum absolute atomic E-state index is 6.12. The Hall–Kier alpha value is -0.445. The van der Waals surface area contributed by atoms with Crippen LogP contribution in [0.3, 0.4) is 0 Å². The van der Waals surface area contributed by atoms with Crippen molar-refractivity contribution in [3.05, 3.63) is 23.8 Å². The van der Waals surface area contributed by atoms with Crippen molar-refractivity contribution in [1.82, 2.24) is 0 Å². The zero-order chi connectivity index (χ0) is 14.3. The lowest BCUT2D eigenvalue weighted by Gasteiger charge is -2.32. The summed E-state index contributed by atoms with van der Waals surface area (Å²) in [4.78, 5) is 1.27. The van der Waals surface area contributed by atoms with Gasteiger partial charge in [-0.1, -0.05) is 13.0 Å². The third-order valence-electron chi connectivity index (χ3n) is 4.16. The summed E-state index contributed by atoms with van der Waals surface area (Å²) in [7, 11) is -0.262. The topological polar surface area (TPSA) is 18.5 Å². The van der Waals surface area contributed by atoms with E-state index in [9.17, 15) is 0 Å². The number of aryl methyl sites for hydroxylation is 1. The molecule has 2 rings (SSSR count). The smallest absolute Gasteiger partial charge is 0.399 e. The van der Waals surface area contributed by atoms with Gasteiger partial charge in [0.05, 0.1) is 11.2 Å². The Morgan fingerprint density at radius 2 is 1.63 bits per heavy atom. The van der Waals surface area contributed by atoms with Gasteiger partial charge in [-0.15, -0.1) is 11.8 Å². The van der Waals surface area contributed by atoms with Gasteiger partial charge in [0.2, 0.25) is 0 Å². The molecule has 19 heavy (non-hydrogen) atoms. The van der Waals surface area contributed by atoms with Crippen molar-refractivity contribution in [3.63, 3.8) is 0 Å². The molecule has 0 atom stereocenters. The fraction of sp³-hybridized carbons (Fsp3) is 0.600. The Balaban J connectivity index is 2.33. The molecule has 0 saturated carbocycles. The summed E-state index contributed by atoms with van der Waals surface area (Å²) < 4.78 is 12.2. The van der Waals surface area contributed by atoms with Crippen molar-refractivity contribution >= 4 is 24.3 Å². The van der Waals surface area contributed by atoms with Crippen LogP contribution in [0.25, 0.3) is 0 Å². The van der Waals surface area contributed by atoms with Crippen LogP contribution in [0, 0.1) is 0 Å². The van der Waals surface area contributed by atoms with Gasteiger partial charge in [0.15, 0.2) is 0 Å². The van der Waals surface area contributed by atoms with Crippen molar-refractivity contribution in [1.29, 1.82) is 0 Å². The molecule has 104 valence electrons. The molecule has 1 heterocycles. The van der Waals surface area contributed by atoms with E-state index in [-0.39, 0.29) is 18.3 Å². The molecule has 4 heteroatoms. The standard InChI is InChI=1S/C15H23BO2S/c1-7-11-8-12(10-13(9-11)19-6)16-17-14(2,3)15(4,5)18-16/h8-10H,7H2,1-6H3. The molecule has 1 aliphatic heterocycles. The summed E-state index contributed by atoms with van der Waals surface area (Å²) in [5.74, 6) is 0. The maximum Gasteiger partial charge on any atom is 0.494 e. The number of benzene rings is 1. The van der Waals surface area contributed by atoms with E-state index in [0.29, 0.717) is 0 Å². The van der Waals surface area contributed by atoms with Crippen LogP contribution in [-0.4, -0.2) is 24.6 Å². The van der Waals surface area contributed by atoms with Crippen molar-refractivity contribution in [2.75, 3.05) is 6.26 Å². The van der Waals surface area contributed by atoms with Crippen LogP contribution in [0.15, 0.2) is 23.1 Å². The maximum atomic E-state index is 6.12. The van der Waals surface area contributed by atoms with Gasteiger partial charge in [0.1, 0.15) is 0 Å². The number of thioether (sulfide) groups is 1. The van der Waals surface area contributed by atoms with Gasteiger partial charge in [-0.25, -0.2) is 0 Å². The summed E-state index contributed by atoms with van der Waals surface area (Å²) in [6.45, 7) is 10.5. The second kappa shape index (κ2) is 5.15. The van der Waals surface area contributed by atoms with Gasteiger partial charge in [-0.2, -0.15) is 0 Å². The monoisotopic (exact) mass is 278 g/mol. The molecule has 1 saturated heterocycles. The van der Waals surface area contributed by atoms with Crippen LogP contribution in [0.5, 0.6) is 0 Å². The van der Waals surface area contributed by atoms with Gasteiger partial charge in [0.25, 0.3) is 0 Å². The van der Waals surface area contributed by atoms with Crippen molar-refractivity contribution in [2.45, 2.75) is 57.1 Å². The SMILES string of the molecule is CCc1cc(SC)cc(B2OC(C)(C)C(C)(C)O2)c1. The lowest BCUT2D eigenvalue weighted by atomic mass is 9.78. The lowest BCUT2D eigenvalue weighted by Crippen LogP contribution is -2.41. The molecule has 1 aliphatic rings. The van der Waals surface area contributed by atoms with Crippen LogP contribution in [0.1, 0.15) is 40.2 Å². The van der Waals surface area contributed by atoms with Crippen LogP contribution < -0.4 is 5.46 Å². The first-order valence-corrected chi connectivity index (χ1v) is 8.05. The van der Waals surface area contributed by atoms with Gasteiger partial charge >= 0.3 is 7.12 Å². The second-order valence-electron chi connectivity index (χ2n) is 6.06. The Kier molecular flexibility index (Phi) is 4.06. The van der Waals surface area contributed by atoms with Crippen molar-refractivity contribution < 1.29 is 9.31 Å². The predicted molar refractivity (Wildman–Crippen MR) is 83.3 cm³/mol. The van der Waals surface area contributed by atoms with Gasteiger partial charge in [0, 0.05) is 4.90 Å². The molecule has 0 aliphatic carbocycles. The molecule has 1 aromatic carbocycles. The van der Waals surface area contributed by atoms with E-state index in [4.69, 9.17) is 9.31 Å². The highest BCUT2D eigenvalue weighted by Crippen LogP contribution is 2.36. The summed E-state index contributed by atoms with van der Waals surface area (Å²) >= 11 is 1.76. The zero-order valence-electron chi connectivity index (χ0n) is 12.7. The number of hydrogen-bond acceptors (Lipinski definition) is 3. The van der Waals surface area contributed by atoms with E-state index in [0.717, 1.165) is 11.9 Å². The molecule has 2 nitrogen and oxygen atoms in total. The largest absolute Gasteiger partial charge is 0.494 e. The van der Waals surface area contributed by atoms with Crippen molar-refractivity contribution in [2.24, 2.45) is 0 Å². The highest BCUT2D eigenvalue weighted by atomic mass is 32.2. The molecule has 0 unspecified atom stereocenters. The Morgan fingerprint density at radius 3 is 2.11 bits per heavy atom. The second-order valence-corrected chi connectivity index (χ2v) is 6.94. The van der Waals surface area contributed by atoms with Crippen molar-refractivity contribution in [3.8, 4) is 0 Å². The number of rotatable bonds is 3. The van der Waals surface area contributed by atoms with Crippen LogP contribution in [-0.2, 0) is 15.7 Å². The molecular formula is C15H23BO2S. The van der Waals surface area contributed by atoms with E-state index in [2.05, 4.69) is 59.1 Å². The molecule has 1 fully saturated rings. The predicted octanol–water partition coefficient (Wildman–Crippen LogP) is 3.27. The van der Waals surface area contributed by atoms with Gasteiger partial charge in [-0.05, 0) is 63.5 Å². The highest BCUT2D eigenvalue weighted by Gasteiger charge is 2.51. The molecule has 0 radical (unpaired) electrons. The molecule has 0 N–H and O–H groups in total. The molecule has 0 spiro atoms. The minimum Gasteiger partial charge on any atom is -0.399 e. The van der Waals surface area contributed by atoms with E-state index < -0.39 is 0 Å². The number of hydrogen-bond donors (Lipinski definition) is 0. The third kappa shape index (κ3) is 2.86. The first kappa shape index (κ1) is 15.0. The summed E-state index contributed by atoms with van der Waals surface area (Å²) in [6, 6.07) is 6.60. The Labute approximate surface area is 121 Å². The Bertz CT molecular complexity index is 433. The lowest BCUT2D eigenvalue weighted by molar-refractivity contribution is 0.00578. The average molecular weight is 278 g/mol. The fourth-order valence-electron chi connectivity index (χ4n) is 2.12. The van der Waals surface area contributed by atoms with Crippen LogP contribution >= 0.6 is 11.8 Å². The minimum atomic E-state index is -0.278. The van der Waals surface area contributed by atoms with Gasteiger partial charge < -0.3 is 9.31 Å². The van der Waals surface area contributed by atoms with E-state index in [1.165, 1.54) is 10.5 Å². The summed E-state index contributed by atoms with van der Waals surface area (Å²) in [5.41, 5.74) is 1.90. The van der Waals surface area contributed by atoms with E-state index in [1.54, 1.807) is 11.8 Å². The molecule has 0 aromatic heterocycles. The molecule has 0 bridgehead atoms. The fourth-order valence-corrected chi connectivity index (χ4v) is 2.65. The highest BCUT2D eigenvalue weighted by molar-refractivity contribution is 7.98. The van der Waals surface area contributed by atoms with Crippen LogP contribution in [0.2, 0.25) is 0 Å². The summed E-state index contributed by atoms with van der Waals surface area (Å²) in [5, 5.41) is 0. The molecular weight excluding hydrogens is 255 g/mol. The quantitative estimate of drug-likeness (QED) is 0.624. The molecule has 1 aromatic rings. The van der Waals surface area contributed by atoms with E-state index >= 15 is 0 Å². The average Bonchev–Trinajstić information content (AvgIpc) is 2.58. The first-order valence-electron chi connectivity index (χ1n) is 6.82. The zero-order valence-corrected chi connectivity index (χ0v) is 13.6. The van der Waals surface area contributed by atoms with Crippen LogP contribution in [0.4, 0.5) is 0 Å². The minimum absolute atomic E-state index is 0.262. The summed E-state index contributed by atoms with van der Waals surface area (Å²) in [6.07, 6.45) is 3.13. The molecule has 0 amide bonds. The van der Waals surface area contributed by atoms with E-state index in [1.807, 2.05) is 0 Å². The third-order valence-corrected chi connectivity index (χ3v) is 4.87. The Morgan fingerprint density at radius 1 is 1.05 bits per heavy atom.